The van der Waals surface area contributed by atoms with Crippen LogP contribution >= 0.6 is 24.0 Å². The van der Waals surface area contributed by atoms with Crippen molar-refractivity contribution in [3.05, 3.63) is 34.9 Å². The van der Waals surface area contributed by atoms with Gasteiger partial charge in [-0.2, -0.15) is 0 Å². The number of amides is 3. The Bertz CT molecular complexity index is 618. The van der Waals surface area contributed by atoms with Crippen LogP contribution in [0.15, 0.2) is 24.3 Å². The van der Waals surface area contributed by atoms with Crippen LogP contribution in [0.2, 0.25) is 5.02 Å². The zero-order chi connectivity index (χ0) is 16.0. The molecule has 0 unspecified atom stereocenters. The molecule has 8 heteroatoms. The molecule has 0 spiro atoms. The van der Waals surface area contributed by atoms with Gasteiger partial charge in [0, 0.05) is 22.6 Å². The van der Waals surface area contributed by atoms with Gasteiger partial charge in [0.15, 0.2) is 0 Å². The molecule has 126 valence electrons. The lowest BCUT2D eigenvalue weighted by atomic mass is 9.44. The fourth-order valence-electron chi connectivity index (χ4n) is 3.69. The number of carbonyl (C=O) groups excluding carboxylic acids is 2. The number of carbonyl (C=O) groups is 2. The highest BCUT2D eigenvalue weighted by atomic mass is 35.5. The van der Waals surface area contributed by atoms with E-state index in [0.29, 0.717) is 11.6 Å². The van der Waals surface area contributed by atoms with E-state index >= 15 is 0 Å². The van der Waals surface area contributed by atoms with E-state index in [1.54, 1.807) is 6.07 Å². The minimum absolute atomic E-state index is 0. The molecule has 3 amide bonds. The van der Waals surface area contributed by atoms with Crippen LogP contribution in [0.25, 0.3) is 0 Å². The van der Waals surface area contributed by atoms with Gasteiger partial charge in [0.2, 0.25) is 5.91 Å². The van der Waals surface area contributed by atoms with Gasteiger partial charge in [-0.1, -0.05) is 23.7 Å². The van der Waals surface area contributed by atoms with Gasteiger partial charge in [-0.25, -0.2) is 4.79 Å². The molecule has 23 heavy (non-hydrogen) atoms. The third-order valence-corrected chi connectivity index (χ3v) is 4.80. The van der Waals surface area contributed by atoms with Gasteiger partial charge in [0.1, 0.15) is 0 Å². The number of hydrogen-bond acceptors (Lipinski definition) is 3. The Balaban J connectivity index is 0.00000192. The summed E-state index contributed by atoms with van der Waals surface area (Å²) in [5.41, 5.74) is 11.8. The highest BCUT2D eigenvalue weighted by Crippen LogP contribution is 2.62. The average molecular weight is 359 g/mol. The van der Waals surface area contributed by atoms with Crippen molar-refractivity contribution >= 4 is 35.9 Å². The van der Waals surface area contributed by atoms with Gasteiger partial charge in [0.25, 0.3) is 0 Å². The SMILES string of the molecule is Cl.NC(=O)NCC(=O)N(Cc1cccc(Cl)c1)C12CC(N)(C1)C2. The van der Waals surface area contributed by atoms with Crippen LogP contribution in [0.4, 0.5) is 4.79 Å². The van der Waals surface area contributed by atoms with E-state index in [0.717, 1.165) is 24.8 Å². The Kier molecular flexibility index (Phi) is 4.80. The number of nitrogens with two attached hydrogens (primary N) is 2. The number of nitrogens with zero attached hydrogens (tertiary/aromatic N) is 1. The van der Waals surface area contributed by atoms with Crippen LogP contribution in [-0.2, 0) is 11.3 Å². The Morgan fingerprint density at radius 3 is 2.48 bits per heavy atom. The van der Waals surface area contributed by atoms with Crippen LogP contribution in [0.1, 0.15) is 24.8 Å². The number of primary amides is 1. The van der Waals surface area contributed by atoms with Crippen LogP contribution in [0, 0.1) is 0 Å². The summed E-state index contributed by atoms with van der Waals surface area (Å²) >= 11 is 6.01. The van der Waals surface area contributed by atoms with E-state index in [4.69, 9.17) is 23.1 Å². The van der Waals surface area contributed by atoms with Gasteiger partial charge >= 0.3 is 6.03 Å². The molecule has 0 saturated heterocycles. The molecule has 1 aromatic carbocycles. The number of urea groups is 1. The monoisotopic (exact) mass is 358 g/mol. The largest absolute Gasteiger partial charge is 0.352 e. The third kappa shape index (κ3) is 3.39. The molecular weight excluding hydrogens is 339 g/mol. The molecule has 2 bridgehead atoms. The fourth-order valence-corrected chi connectivity index (χ4v) is 3.91. The summed E-state index contributed by atoms with van der Waals surface area (Å²) in [6.07, 6.45) is 2.43. The van der Waals surface area contributed by atoms with Crippen molar-refractivity contribution in [1.29, 1.82) is 0 Å². The van der Waals surface area contributed by atoms with Crippen LogP contribution < -0.4 is 16.8 Å². The lowest BCUT2D eigenvalue weighted by Crippen LogP contribution is -2.82. The first-order chi connectivity index (χ1) is 10.3. The van der Waals surface area contributed by atoms with E-state index < -0.39 is 6.03 Å². The van der Waals surface area contributed by atoms with Gasteiger partial charge in [0.05, 0.1) is 6.54 Å². The smallest absolute Gasteiger partial charge is 0.312 e. The molecule has 3 saturated carbocycles. The number of benzene rings is 1. The predicted molar refractivity (Wildman–Crippen MR) is 90.3 cm³/mol. The second-order valence-corrected chi connectivity index (χ2v) is 6.88. The standard InChI is InChI=1S/C15H19ClN4O2.ClH/c16-11-3-1-2-10(4-11)6-20(12(21)5-19-13(17)22)15-7-14(18,8-15)9-15;/h1-4H,5-9,18H2,(H3,17,19,22);1H. The van der Waals surface area contributed by atoms with Gasteiger partial charge in [-0.15, -0.1) is 12.4 Å². The highest BCUT2D eigenvalue weighted by Gasteiger charge is 2.69. The maximum Gasteiger partial charge on any atom is 0.312 e. The summed E-state index contributed by atoms with van der Waals surface area (Å²) in [7, 11) is 0. The summed E-state index contributed by atoms with van der Waals surface area (Å²) in [6.45, 7) is 0.352. The quantitative estimate of drug-likeness (QED) is 0.740. The molecular formula is C15H20Cl2N4O2. The number of nitrogens with one attached hydrogen (secondary N) is 1. The minimum Gasteiger partial charge on any atom is -0.352 e. The molecule has 0 aliphatic heterocycles. The fraction of sp³-hybridized carbons (Fsp3) is 0.467. The first-order valence-corrected chi connectivity index (χ1v) is 7.57. The Hall–Kier alpha value is -1.50. The lowest BCUT2D eigenvalue weighted by Gasteiger charge is -2.72. The van der Waals surface area contributed by atoms with Gasteiger partial charge in [-0.05, 0) is 37.0 Å². The number of hydrogen-bond donors (Lipinski definition) is 3. The minimum atomic E-state index is -0.705. The van der Waals surface area contributed by atoms with Crippen molar-refractivity contribution < 1.29 is 9.59 Å². The Morgan fingerprint density at radius 1 is 1.30 bits per heavy atom. The normalized spacial score (nSPS) is 27.0. The van der Waals surface area contributed by atoms with E-state index in [-0.39, 0.29) is 35.9 Å². The highest BCUT2D eigenvalue weighted by molar-refractivity contribution is 6.30. The summed E-state index contributed by atoms with van der Waals surface area (Å²) in [6, 6.07) is 6.71. The summed E-state index contributed by atoms with van der Waals surface area (Å²) in [4.78, 5) is 25.1. The molecule has 3 aliphatic carbocycles. The van der Waals surface area contributed by atoms with E-state index in [1.165, 1.54) is 0 Å². The second-order valence-electron chi connectivity index (χ2n) is 6.44. The van der Waals surface area contributed by atoms with Gasteiger partial charge in [-0.3, -0.25) is 4.79 Å². The van der Waals surface area contributed by atoms with Gasteiger partial charge < -0.3 is 21.7 Å². The molecule has 5 N–H and O–H groups in total. The third-order valence-electron chi connectivity index (χ3n) is 4.56. The van der Waals surface area contributed by atoms with Crippen molar-refractivity contribution in [2.24, 2.45) is 11.5 Å². The molecule has 0 atom stereocenters. The summed E-state index contributed by atoms with van der Waals surface area (Å²) in [5.74, 6) is -0.152. The molecule has 0 radical (unpaired) electrons. The molecule has 1 aromatic rings. The topological polar surface area (TPSA) is 101 Å². The second kappa shape index (κ2) is 6.19. The zero-order valence-electron chi connectivity index (χ0n) is 12.5. The van der Waals surface area contributed by atoms with Crippen molar-refractivity contribution in [2.75, 3.05) is 6.54 Å². The Morgan fingerprint density at radius 2 is 1.96 bits per heavy atom. The number of halogens is 2. The van der Waals surface area contributed by atoms with E-state index in [9.17, 15) is 9.59 Å². The maximum atomic E-state index is 12.5. The Labute approximate surface area is 145 Å². The van der Waals surface area contributed by atoms with Crippen LogP contribution in [0.3, 0.4) is 0 Å². The zero-order valence-corrected chi connectivity index (χ0v) is 14.1. The van der Waals surface area contributed by atoms with Crippen molar-refractivity contribution in [3.8, 4) is 0 Å². The van der Waals surface area contributed by atoms with Crippen molar-refractivity contribution in [1.82, 2.24) is 10.2 Å². The van der Waals surface area contributed by atoms with Crippen molar-refractivity contribution in [2.45, 2.75) is 36.9 Å². The van der Waals surface area contributed by atoms with E-state index in [1.807, 2.05) is 23.1 Å². The molecule has 0 heterocycles. The molecule has 3 fully saturated rings. The van der Waals surface area contributed by atoms with Crippen LogP contribution in [0.5, 0.6) is 0 Å². The number of rotatable bonds is 5. The predicted octanol–water partition coefficient (Wildman–Crippen LogP) is 1.39. The first-order valence-electron chi connectivity index (χ1n) is 7.19. The molecule has 3 aliphatic rings. The summed E-state index contributed by atoms with van der Waals surface area (Å²) in [5, 5.41) is 2.99. The molecule has 6 nitrogen and oxygen atoms in total. The first kappa shape index (κ1) is 17.8. The molecule has 0 aromatic heterocycles. The van der Waals surface area contributed by atoms with Crippen LogP contribution in [-0.4, -0.2) is 34.5 Å². The van der Waals surface area contributed by atoms with E-state index in [2.05, 4.69) is 5.32 Å². The lowest BCUT2D eigenvalue weighted by molar-refractivity contribution is -0.181. The molecule has 4 rings (SSSR count). The maximum absolute atomic E-state index is 12.5. The summed E-state index contributed by atoms with van der Waals surface area (Å²) < 4.78 is 0. The van der Waals surface area contributed by atoms with Crippen molar-refractivity contribution in [3.63, 3.8) is 0 Å². The average Bonchev–Trinajstić information content (AvgIpc) is 2.38.